The first kappa shape index (κ1) is 9.68. The molecule has 0 aliphatic rings. The summed E-state index contributed by atoms with van der Waals surface area (Å²) < 4.78 is 13.1. The summed E-state index contributed by atoms with van der Waals surface area (Å²) >= 11 is 8.15. The van der Waals surface area contributed by atoms with Crippen molar-refractivity contribution in [3.63, 3.8) is 0 Å². The fourth-order valence-electron chi connectivity index (χ4n) is 0.868. The zero-order chi connectivity index (χ0) is 9.30. The van der Waals surface area contributed by atoms with Crippen molar-refractivity contribution in [3.8, 4) is 0 Å². The minimum absolute atomic E-state index is 0.119. The van der Waals surface area contributed by atoms with Crippen LogP contribution in [0.3, 0.4) is 0 Å². The van der Waals surface area contributed by atoms with Crippen molar-refractivity contribution < 1.29 is 9.18 Å². The number of halogens is 3. The van der Waals surface area contributed by atoms with Crippen LogP contribution in [0, 0.1) is 12.7 Å². The number of carbonyl (C=O) groups is 1. The van der Waals surface area contributed by atoms with E-state index in [-0.39, 0.29) is 10.0 Å². The Morgan fingerprint density at radius 1 is 1.58 bits per heavy atom. The second kappa shape index (κ2) is 3.54. The molecule has 0 unspecified atom stereocenters. The molecule has 1 nitrogen and oxygen atoms in total. The molecule has 1 aromatic rings. The number of hydrogen-bond donors (Lipinski definition) is 0. The molecule has 64 valence electrons. The zero-order valence-electron chi connectivity index (χ0n) is 6.20. The molecule has 0 bridgehead atoms. The molecular formula is C8H5BrClFO. The summed E-state index contributed by atoms with van der Waals surface area (Å²) in [6.45, 7) is 1.69. The summed E-state index contributed by atoms with van der Waals surface area (Å²) in [5.74, 6) is -0.473. The largest absolute Gasteiger partial charge is 0.276 e. The minimum atomic E-state index is -0.663. The van der Waals surface area contributed by atoms with Crippen molar-refractivity contribution in [2.75, 3.05) is 0 Å². The highest BCUT2D eigenvalue weighted by atomic mass is 79.9. The molecule has 0 aromatic heterocycles. The topological polar surface area (TPSA) is 17.1 Å². The second-order valence-electron chi connectivity index (χ2n) is 2.38. The molecule has 0 N–H and O–H groups in total. The van der Waals surface area contributed by atoms with Gasteiger partial charge in [-0.25, -0.2) is 4.39 Å². The van der Waals surface area contributed by atoms with E-state index in [1.165, 1.54) is 12.1 Å². The van der Waals surface area contributed by atoms with Gasteiger partial charge in [-0.3, -0.25) is 4.79 Å². The van der Waals surface area contributed by atoms with Crippen LogP contribution in [0.2, 0.25) is 0 Å². The lowest BCUT2D eigenvalue weighted by Gasteiger charge is -2.01. The molecule has 0 saturated heterocycles. The molecule has 1 aromatic carbocycles. The normalized spacial score (nSPS) is 10.0. The van der Waals surface area contributed by atoms with Crippen molar-refractivity contribution in [1.29, 1.82) is 0 Å². The van der Waals surface area contributed by atoms with Crippen LogP contribution in [0.25, 0.3) is 0 Å². The fourth-order valence-corrected chi connectivity index (χ4v) is 1.54. The van der Waals surface area contributed by atoms with E-state index in [0.717, 1.165) is 0 Å². The third kappa shape index (κ3) is 1.84. The summed E-state index contributed by atoms with van der Waals surface area (Å²) in [4.78, 5) is 10.7. The average Bonchev–Trinajstić information content (AvgIpc) is 1.96. The van der Waals surface area contributed by atoms with E-state index in [9.17, 15) is 9.18 Å². The maximum atomic E-state index is 12.9. The quantitative estimate of drug-likeness (QED) is 0.700. The number of rotatable bonds is 1. The first-order valence-electron chi connectivity index (χ1n) is 3.18. The molecule has 0 atom stereocenters. The SMILES string of the molecule is Cc1cc(F)c(Br)c(C(=O)Cl)c1. The van der Waals surface area contributed by atoms with Gasteiger partial charge in [0.25, 0.3) is 5.24 Å². The number of hydrogen-bond acceptors (Lipinski definition) is 1. The van der Waals surface area contributed by atoms with E-state index in [0.29, 0.717) is 5.56 Å². The van der Waals surface area contributed by atoms with Crippen LogP contribution in [0.15, 0.2) is 16.6 Å². The highest BCUT2D eigenvalue weighted by Gasteiger charge is 2.11. The maximum Gasteiger partial charge on any atom is 0.253 e. The third-order valence-corrected chi connectivity index (χ3v) is 2.39. The van der Waals surface area contributed by atoms with E-state index in [1.54, 1.807) is 6.92 Å². The lowest BCUT2D eigenvalue weighted by Crippen LogP contribution is -1.94. The molecule has 0 fully saturated rings. The van der Waals surface area contributed by atoms with Crippen molar-refractivity contribution in [2.45, 2.75) is 6.92 Å². The smallest absolute Gasteiger partial charge is 0.253 e. The van der Waals surface area contributed by atoms with Gasteiger partial charge in [-0.1, -0.05) is 0 Å². The van der Waals surface area contributed by atoms with Crippen molar-refractivity contribution in [2.24, 2.45) is 0 Å². The van der Waals surface area contributed by atoms with Gasteiger partial charge in [0, 0.05) is 0 Å². The molecule has 1 rings (SSSR count). The van der Waals surface area contributed by atoms with Crippen LogP contribution < -0.4 is 0 Å². The average molecular weight is 251 g/mol. The minimum Gasteiger partial charge on any atom is -0.276 e. The Labute approximate surface area is 82.7 Å². The molecule has 0 aliphatic carbocycles. The van der Waals surface area contributed by atoms with Crippen LogP contribution >= 0.6 is 27.5 Å². The predicted molar refractivity (Wildman–Crippen MR) is 49.0 cm³/mol. The van der Waals surface area contributed by atoms with Gasteiger partial charge in [-0.2, -0.15) is 0 Å². The van der Waals surface area contributed by atoms with Gasteiger partial charge >= 0.3 is 0 Å². The van der Waals surface area contributed by atoms with Crippen LogP contribution in [-0.4, -0.2) is 5.24 Å². The molecule has 0 saturated carbocycles. The van der Waals surface area contributed by atoms with E-state index in [4.69, 9.17) is 11.6 Å². The van der Waals surface area contributed by atoms with E-state index < -0.39 is 11.1 Å². The van der Waals surface area contributed by atoms with Gasteiger partial charge in [0.2, 0.25) is 0 Å². The van der Waals surface area contributed by atoms with Gasteiger partial charge in [-0.15, -0.1) is 0 Å². The van der Waals surface area contributed by atoms with Crippen molar-refractivity contribution >= 4 is 32.8 Å². The summed E-state index contributed by atoms with van der Waals surface area (Å²) in [6, 6.07) is 2.86. The Bertz CT molecular complexity index is 338. The number of aryl methyl sites for hydroxylation is 1. The van der Waals surface area contributed by atoms with Gasteiger partial charge < -0.3 is 0 Å². The van der Waals surface area contributed by atoms with Gasteiger partial charge in [-0.05, 0) is 52.2 Å². The molecule has 4 heteroatoms. The molecule has 0 aliphatic heterocycles. The lowest BCUT2D eigenvalue weighted by molar-refractivity contribution is 0.108. The second-order valence-corrected chi connectivity index (χ2v) is 3.52. The standard InChI is InChI=1S/C8H5BrClFO/c1-4-2-5(8(10)12)7(9)6(11)3-4/h2-3H,1H3. The third-order valence-electron chi connectivity index (χ3n) is 1.38. The van der Waals surface area contributed by atoms with E-state index in [2.05, 4.69) is 15.9 Å². The summed E-state index contributed by atoms with van der Waals surface area (Å²) in [7, 11) is 0. The van der Waals surface area contributed by atoms with Crippen LogP contribution in [0.4, 0.5) is 4.39 Å². The van der Waals surface area contributed by atoms with E-state index >= 15 is 0 Å². The van der Waals surface area contributed by atoms with Crippen LogP contribution in [-0.2, 0) is 0 Å². The molecule has 12 heavy (non-hydrogen) atoms. The molecule has 0 spiro atoms. The molecule has 0 amide bonds. The number of carbonyl (C=O) groups excluding carboxylic acids is 1. The summed E-state index contributed by atoms with van der Waals surface area (Å²) in [5.41, 5.74) is 0.828. The van der Waals surface area contributed by atoms with E-state index in [1.807, 2.05) is 0 Å². The molecule has 0 heterocycles. The van der Waals surface area contributed by atoms with Crippen LogP contribution in [0.5, 0.6) is 0 Å². The van der Waals surface area contributed by atoms with Gasteiger partial charge in [0.15, 0.2) is 0 Å². The Morgan fingerprint density at radius 3 is 2.67 bits per heavy atom. The Hall–Kier alpha value is -0.410. The highest BCUT2D eigenvalue weighted by molar-refractivity contribution is 9.10. The fraction of sp³-hybridized carbons (Fsp3) is 0.125. The lowest BCUT2D eigenvalue weighted by atomic mass is 10.1. The first-order chi connectivity index (χ1) is 5.52. The van der Waals surface area contributed by atoms with Gasteiger partial charge in [0.1, 0.15) is 5.82 Å². The summed E-state index contributed by atoms with van der Waals surface area (Å²) in [6.07, 6.45) is 0. The number of benzene rings is 1. The maximum absolute atomic E-state index is 12.9. The Morgan fingerprint density at radius 2 is 2.17 bits per heavy atom. The zero-order valence-corrected chi connectivity index (χ0v) is 8.54. The van der Waals surface area contributed by atoms with Crippen molar-refractivity contribution in [1.82, 2.24) is 0 Å². The van der Waals surface area contributed by atoms with Gasteiger partial charge in [0.05, 0.1) is 10.0 Å². The van der Waals surface area contributed by atoms with Crippen LogP contribution in [0.1, 0.15) is 15.9 Å². The molecule has 0 radical (unpaired) electrons. The predicted octanol–water partition coefficient (Wildman–Crippen LogP) is 3.28. The van der Waals surface area contributed by atoms with Crippen molar-refractivity contribution in [3.05, 3.63) is 33.5 Å². The monoisotopic (exact) mass is 250 g/mol. The Kier molecular flexibility index (Phi) is 2.85. The first-order valence-corrected chi connectivity index (χ1v) is 4.35. The summed E-state index contributed by atoms with van der Waals surface area (Å²) in [5, 5.41) is -0.663. The Balaban J connectivity index is 3.37. The highest BCUT2D eigenvalue weighted by Crippen LogP contribution is 2.23. The molecular weight excluding hydrogens is 246 g/mol.